The highest BCUT2D eigenvalue weighted by Crippen LogP contribution is 2.32. The summed E-state index contributed by atoms with van der Waals surface area (Å²) >= 11 is 0. The Kier molecular flexibility index (Phi) is 2.78. The summed E-state index contributed by atoms with van der Waals surface area (Å²) in [4.78, 5) is 12.3. The van der Waals surface area contributed by atoms with E-state index >= 15 is 0 Å². The molecule has 3 N–H and O–H groups in total. The van der Waals surface area contributed by atoms with E-state index in [0.29, 0.717) is 6.54 Å². The number of amides is 1. The van der Waals surface area contributed by atoms with Gasteiger partial charge in [-0.05, 0) is 20.3 Å². The van der Waals surface area contributed by atoms with Crippen molar-refractivity contribution in [2.75, 3.05) is 13.1 Å². The Hall–Kier alpha value is -0.750. The van der Waals surface area contributed by atoms with E-state index in [9.17, 15) is 13.6 Å². The Morgan fingerprint density at radius 2 is 2.21 bits per heavy atom. The van der Waals surface area contributed by atoms with Gasteiger partial charge in [0.05, 0.1) is 6.54 Å². The van der Waals surface area contributed by atoms with Gasteiger partial charge in [-0.15, -0.1) is 0 Å². The van der Waals surface area contributed by atoms with Gasteiger partial charge in [-0.25, -0.2) is 5.84 Å². The summed E-state index contributed by atoms with van der Waals surface area (Å²) in [6.07, 6.45) is 0.868. The predicted octanol–water partition coefficient (Wildman–Crippen LogP) is 0.0959. The molecule has 1 heterocycles. The van der Waals surface area contributed by atoms with E-state index in [-0.39, 0.29) is 5.54 Å². The first-order valence-electron chi connectivity index (χ1n) is 4.43. The van der Waals surface area contributed by atoms with Crippen molar-refractivity contribution in [2.45, 2.75) is 31.7 Å². The molecule has 0 bridgehead atoms. The van der Waals surface area contributed by atoms with Crippen molar-refractivity contribution in [1.82, 2.24) is 10.3 Å². The average molecular weight is 207 g/mol. The first-order chi connectivity index (χ1) is 6.29. The number of halogens is 2. The molecule has 82 valence electrons. The molecule has 4 nitrogen and oxygen atoms in total. The van der Waals surface area contributed by atoms with E-state index in [4.69, 9.17) is 0 Å². The van der Waals surface area contributed by atoms with Crippen LogP contribution < -0.4 is 11.3 Å². The van der Waals surface area contributed by atoms with Gasteiger partial charge in [0.15, 0.2) is 0 Å². The molecule has 1 amide bonds. The van der Waals surface area contributed by atoms with E-state index < -0.39 is 18.4 Å². The Labute approximate surface area is 81.4 Å². The van der Waals surface area contributed by atoms with E-state index in [2.05, 4.69) is 5.84 Å². The first-order valence-corrected chi connectivity index (χ1v) is 4.43. The summed E-state index contributed by atoms with van der Waals surface area (Å²) in [7, 11) is 0. The van der Waals surface area contributed by atoms with Crippen molar-refractivity contribution in [3.8, 4) is 0 Å². The summed E-state index contributed by atoms with van der Waals surface area (Å²) in [5.74, 6) is -0.178. The topological polar surface area (TPSA) is 58.4 Å². The van der Waals surface area contributed by atoms with Gasteiger partial charge in [0.25, 0.3) is 0 Å². The van der Waals surface area contributed by atoms with Gasteiger partial charge in [-0.2, -0.15) is 8.78 Å². The minimum atomic E-state index is -3.41. The Morgan fingerprint density at radius 1 is 1.64 bits per heavy atom. The van der Waals surface area contributed by atoms with Crippen LogP contribution in [0.5, 0.6) is 0 Å². The molecule has 0 atom stereocenters. The largest absolute Gasteiger partial charge is 0.338 e. The van der Waals surface area contributed by atoms with Crippen LogP contribution in [-0.2, 0) is 4.79 Å². The molecule has 0 radical (unpaired) electrons. The lowest BCUT2D eigenvalue weighted by molar-refractivity contribution is -0.154. The van der Waals surface area contributed by atoms with E-state index in [0.717, 1.165) is 6.42 Å². The number of nitrogens with one attached hydrogen (secondary N) is 1. The van der Waals surface area contributed by atoms with Crippen LogP contribution in [0.15, 0.2) is 0 Å². The van der Waals surface area contributed by atoms with Crippen LogP contribution in [0.1, 0.15) is 20.3 Å². The molecular weight excluding hydrogens is 192 g/mol. The summed E-state index contributed by atoms with van der Waals surface area (Å²) in [6, 6.07) is 0. The maximum absolute atomic E-state index is 13.1. The number of carbonyl (C=O) groups excluding carboxylic acids is 1. The molecule has 0 aromatic carbocycles. The van der Waals surface area contributed by atoms with Crippen LogP contribution in [0.25, 0.3) is 0 Å². The van der Waals surface area contributed by atoms with Gasteiger partial charge in [0.2, 0.25) is 0 Å². The van der Waals surface area contributed by atoms with Crippen LogP contribution in [0.4, 0.5) is 8.78 Å². The van der Waals surface area contributed by atoms with Crippen LogP contribution in [0.2, 0.25) is 0 Å². The normalized spacial score (nSPS) is 21.5. The fourth-order valence-electron chi connectivity index (χ4n) is 1.43. The molecule has 0 unspecified atom stereocenters. The third kappa shape index (κ3) is 2.01. The fraction of sp³-hybridized carbons (Fsp3) is 0.875. The number of hydrogen-bond donors (Lipinski definition) is 2. The highest BCUT2D eigenvalue weighted by atomic mass is 19.3. The molecule has 1 aliphatic rings. The molecule has 0 saturated carbocycles. The monoisotopic (exact) mass is 207 g/mol. The average Bonchev–Trinajstić information content (AvgIpc) is 2.11. The molecule has 1 saturated heterocycles. The molecule has 0 spiro atoms. The van der Waals surface area contributed by atoms with Crippen molar-refractivity contribution >= 4 is 5.91 Å². The summed E-state index contributed by atoms with van der Waals surface area (Å²) < 4.78 is 26.2. The van der Waals surface area contributed by atoms with Crippen LogP contribution in [-0.4, -0.2) is 35.4 Å². The predicted molar refractivity (Wildman–Crippen MR) is 47.5 cm³/mol. The summed E-state index contributed by atoms with van der Waals surface area (Å²) in [6.45, 7) is 3.77. The fourth-order valence-corrected chi connectivity index (χ4v) is 1.43. The second-order valence-electron chi connectivity index (χ2n) is 4.16. The van der Waals surface area contributed by atoms with E-state index in [1.807, 2.05) is 13.8 Å². The number of alkyl halides is 2. The summed E-state index contributed by atoms with van der Waals surface area (Å²) in [5.41, 5.74) is 1.23. The molecule has 0 aliphatic carbocycles. The number of hydrogen-bond acceptors (Lipinski definition) is 3. The van der Waals surface area contributed by atoms with Crippen molar-refractivity contribution in [2.24, 2.45) is 5.84 Å². The maximum Gasteiger partial charge on any atom is 0.338 e. The second kappa shape index (κ2) is 3.43. The second-order valence-corrected chi connectivity index (χ2v) is 4.16. The highest BCUT2D eigenvalue weighted by molar-refractivity contribution is 5.83. The number of nitrogens with zero attached hydrogens (tertiary/aromatic N) is 1. The number of rotatable bonds is 3. The van der Waals surface area contributed by atoms with Gasteiger partial charge in [0.1, 0.15) is 0 Å². The number of carbonyl (C=O) groups is 1. The van der Waals surface area contributed by atoms with Crippen molar-refractivity contribution in [1.29, 1.82) is 0 Å². The number of nitrogens with two attached hydrogens (primary N) is 1. The van der Waals surface area contributed by atoms with Gasteiger partial charge in [-0.1, -0.05) is 0 Å². The van der Waals surface area contributed by atoms with Crippen molar-refractivity contribution in [3.63, 3.8) is 0 Å². The SMILES string of the molecule is CC1(C)CCN1CC(F)(F)C(=O)NN. The zero-order chi connectivity index (χ0) is 11.0. The highest BCUT2D eigenvalue weighted by Gasteiger charge is 2.46. The van der Waals surface area contributed by atoms with Gasteiger partial charge in [-0.3, -0.25) is 15.1 Å². The number of likely N-dealkylation sites (tertiary alicyclic amines) is 1. The molecular formula is C8H15F2N3O. The van der Waals surface area contributed by atoms with Gasteiger partial charge >= 0.3 is 11.8 Å². The van der Waals surface area contributed by atoms with Crippen LogP contribution in [0.3, 0.4) is 0 Å². The molecule has 1 rings (SSSR count). The molecule has 14 heavy (non-hydrogen) atoms. The lowest BCUT2D eigenvalue weighted by Crippen LogP contribution is -2.61. The Balaban J connectivity index is 2.55. The smallest absolute Gasteiger partial charge is 0.292 e. The van der Waals surface area contributed by atoms with Crippen molar-refractivity contribution < 1.29 is 13.6 Å². The number of hydrazine groups is 1. The summed E-state index contributed by atoms with van der Waals surface area (Å²) in [5, 5.41) is 0. The quantitative estimate of drug-likeness (QED) is 0.392. The first kappa shape index (κ1) is 11.3. The molecule has 1 fully saturated rings. The molecule has 1 aliphatic heterocycles. The van der Waals surface area contributed by atoms with Gasteiger partial charge in [0, 0.05) is 12.1 Å². The minimum absolute atomic E-state index is 0.238. The Morgan fingerprint density at radius 3 is 2.50 bits per heavy atom. The van der Waals surface area contributed by atoms with Crippen molar-refractivity contribution in [3.05, 3.63) is 0 Å². The molecule has 0 aromatic rings. The standard InChI is InChI=1S/C8H15F2N3O/c1-7(2)3-4-13(7)5-8(9,10)6(14)12-11/h3-5,11H2,1-2H3,(H,12,14). The third-order valence-corrected chi connectivity index (χ3v) is 2.70. The minimum Gasteiger partial charge on any atom is -0.292 e. The maximum atomic E-state index is 13.1. The zero-order valence-electron chi connectivity index (χ0n) is 8.31. The Bertz CT molecular complexity index is 243. The lowest BCUT2D eigenvalue weighted by atomic mass is 9.88. The van der Waals surface area contributed by atoms with Crippen LogP contribution in [0, 0.1) is 0 Å². The van der Waals surface area contributed by atoms with E-state index in [1.54, 1.807) is 4.90 Å². The van der Waals surface area contributed by atoms with Gasteiger partial charge < -0.3 is 0 Å². The third-order valence-electron chi connectivity index (χ3n) is 2.70. The van der Waals surface area contributed by atoms with E-state index in [1.165, 1.54) is 5.43 Å². The zero-order valence-corrected chi connectivity index (χ0v) is 8.31. The molecule has 0 aromatic heterocycles. The molecule has 6 heteroatoms. The van der Waals surface area contributed by atoms with Crippen LogP contribution >= 0.6 is 0 Å². The lowest BCUT2D eigenvalue weighted by Gasteiger charge is -2.49.